The van der Waals surface area contributed by atoms with Crippen molar-refractivity contribution in [2.45, 2.75) is 26.8 Å². The molecule has 1 aromatic carbocycles. The van der Waals surface area contributed by atoms with Crippen LogP contribution in [0.15, 0.2) is 30.6 Å². The van der Waals surface area contributed by atoms with Crippen LogP contribution in [-0.4, -0.2) is 40.7 Å². The fourth-order valence-corrected chi connectivity index (χ4v) is 3.62. The molecule has 0 unspecified atom stereocenters. The summed E-state index contributed by atoms with van der Waals surface area (Å²) < 4.78 is 29.5. The average Bonchev–Trinajstić information content (AvgIpc) is 3.36. The van der Waals surface area contributed by atoms with E-state index in [0.29, 0.717) is 23.9 Å². The van der Waals surface area contributed by atoms with Crippen LogP contribution in [0.25, 0.3) is 10.9 Å². The highest BCUT2D eigenvalue weighted by Gasteiger charge is 2.39. The number of pyridine rings is 1. The molecule has 162 valence electrons. The van der Waals surface area contributed by atoms with Crippen LogP contribution < -0.4 is 20.7 Å². The minimum absolute atomic E-state index is 0.0000585. The number of benzene rings is 1. The predicted octanol–water partition coefficient (Wildman–Crippen LogP) is 3.16. The fourth-order valence-electron chi connectivity index (χ4n) is 3.62. The normalized spacial score (nSPS) is 19.1. The molecule has 2 atom stereocenters. The third kappa shape index (κ3) is 3.90. The van der Waals surface area contributed by atoms with E-state index >= 15 is 0 Å². The van der Waals surface area contributed by atoms with E-state index < -0.39 is 12.9 Å². The smallest absolute Gasteiger partial charge is 0.254 e. The van der Waals surface area contributed by atoms with Crippen molar-refractivity contribution in [2.24, 2.45) is 11.8 Å². The summed E-state index contributed by atoms with van der Waals surface area (Å²) in [6, 6.07) is 5.14. The number of aryl methyl sites for hydroxylation is 1. The molecule has 31 heavy (non-hydrogen) atoms. The first-order chi connectivity index (χ1) is 16.1. The zero-order valence-electron chi connectivity index (χ0n) is 20.5. The Balaban J connectivity index is 1.74. The standard InChI is InChI=1S/C22H26N6O3/c1-5-28-19-13(10-25-28)6-7-16(20(19)31-4)26-17-9-18(24-11-15(17)21(29)23-3)27-22(30)14-8-12(14)2/h6-7,9-12,14H,5,8H2,1-4H3,(H,23,29)(H2,24,26,27,30)/t12-,14+/m0/s1/i3D3. The molecule has 2 heterocycles. The first-order valence-corrected chi connectivity index (χ1v) is 10.0. The van der Waals surface area contributed by atoms with E-state index in [4.69, 9.17) is 8.85 Å². The molecule has 0 radical (unpaired) electrons. The molecule has 1 saturated carbocycles. The number of aromatic nitrogens is 3. The number of ether oxygens (including phenoxy) is 1. The highest BCUT2D eigenvalue weighted by molar-refractivity contribution is 6.02. The van der Waals surface area contributed by atoms with E-state index in [1.807, 2.05) is 25.2 Å². The number of hydrogen-bond donors (Lipinski definition) is 3. The molecule has 3 aromatic rings. The summed E-state index contributed by atoms with van der Waals surface area (Å²) >= 11 is 0. The second-order valence-corrected chi connectivity index (χ2v) is 7.55. The number of amides is 2. The summed E-state index contributed by atoms with van der Waals surface area (Å²) in [7, 11) is 1.53. The van der Waals surface area contributed by atoms with Gasteiger partial charge in [0.2, 0.25) is 5.91 Å². The maximum Gasteiger partial charge on any atom is 0.254 e. The van der Waals surface area contributed by atoms with Crippen LogP contribution in [0.1, 0.15) is 34.7 Å². The van der Waals surface area contributed by atoms with E-state index in [1.54, 1.807) is 16.9 Å². The van der Waals surface area contributed by atoms with Gasteiger partial charge in [-0.2, -0.15) is 5.10 Å². The van der Waals surface area contributed by atoms with Crippen molar-refractivity contribution < 1.29 is 18.4 Å². The number of rotatable bonds is 7. The molecule has 3 N–H and O–H groups in total. The van der Waals surface area contributed by atoms with Crippen molar-refractivity contribution in [1.82, 2.24) is 20.1 Å². The van der Waals surface area contributed by atoms with Crippen LogP contribution in [-0.2, 0) is 11.3 Å². The molecule has 9 heteroatoms. The lowest BCUT2D eigenvalue weighted by molar-refractivity contribution is -0.117. The molecule has 2 amide bonds. The van der Waals surface area contributed by atoms with E-state index in [9.17, 15) is 9.59 Å². The molecule has 0 spiro atoms. The molecule has 4 rings (SSSR count). The minimum Gasteiger partial charge on any atom is -0.492 e. The number of carbonyl (C=O) groups is 2. The van der Waals surface area contributed by atoms with Crippen LogP contribution in [0.3, 0.4) is 0 Å². The van der Waals surface area contributed by atoms with Gasteiger partial charge in [0.15, 0.2) is 5.75 Å². The Bertz CT molecular complexity index is 1260. The maximum atomic E-state index is 12.7. The van der Waals surface area contributed by atoms with Gasteiger partial charge in [0.05, 0.1) is 30.2 Å². The first-order valence-electron chi connectivity index (χ1n) is 11.5. The Kier molecular flexibility index (Phi) is 4.55. The summed E-state index contributed by atoms with van der Waals surface area (Å²) in [5.74, 6) is 0.0395. The lowest BCUT2D eigenvalue weighted by Gasteiger charge is -2.16. The van der Waals surface area contributed by atoms with Crippen molar-refractivity contribution >= 4 is 39.9 Å². The lowest BCUT2D eigenvalue weighted by atomic mass is 10.1. The van der Waals surface area contributed by atoms with Gasteiger partial charge in [-0.15, -0.1) is 0 Å². The van der Waals surface area contributed by atoms with Gasteiger partial charge in [0.1, 0.15) is 11.3 Å². The molecule has 1 aliphatic rings. The molecular formula is C22H26N6O3. The Labute approximate surface area is 184 Å². The zero-order valence-corrected chi connectivity index (χ0v) is 17.5. The van der Waals surface area contributed by atoms with Crippen LogP contribution in [0, 0.1) is 11.8 Å². The average molecular weight is 426 g/mol. The number of fused-ring (bicyclic) bond motifs is 1. The summed E-state index contributed by atoms with van der Waals surface area (Å²) in [6.07, 6.45) is 3.79. The van der Waals surface area contributed by atoms with E-state index in [-0.39, 0.29) is 28.9 Å². The van der Waals surface area contributed by atoms with E-state index in [2.05, 4.69) is 20.7 Å². The van der Waals surface area contributed by atoms with Crippen LogP contribution in [0.5, 0.6) is 5.75 Å². The van der Waals surface area contributed by atoms with Gasteiger partial charge >= 0.3 is 0 Å². The third-order valence-electron chi connectivity index (χ3n) is 5.49. The van der Waals surface area contributed by atoms with Crippen molar-refractivity contribution in [1.29, 1.82) is 0 Å². The molecule has 1 fully saturated rings. The Morgan fingerprint density at radius 2 is 2.13 bits per heavy atom. The molecule has 9 nitrogen and oxygen atoms in total. The molecule has 1 aliphatic carbocycles. The van der Waals surface area contributed by atoms with Gasteiger partial charge < -0.3 is 20.7 Å². The maximum absolute atomic E-state index is 12.7. The first kappa shape index (κ1) is 17.1. The second-order valence-electron chi connectivity index (χ2n) is 7.55. The summed E-state index contributed by atoms with van der Waals surface area (Å²) in [4.78, 5) is 29.3. The van der Waals surface area contributed by atoms with Crippen molar-refractivity contribution in [3.63, 3.8) is 0 Å². The van der Waals surface area contributed by atoms with Crippen molar-refractivity contribution in [3.05, 3.63) is 36.2 Å². The Morgan fingerprint density at radius 1 is 1.32 bits per heavy atom. The van der Waals surface area contributed by atoms with Gasteiger partial charge in [0.25, 0.3) is 5.91 Å². The highest BCUT2D eigenvalue weighted by atomic mass is 16.5. The number of nitrogens with one attached hydrogen (secondary N) is 3. The number of carbonyl (C=O) groups excluding carboxylic acids is 2. The monoisotopic (exact) mass is 425 g/mol. The number of methoxy groups -OCH3 is 1. The predicted molar refractivity (Wildman–Crippen MR) is 119 cm³/mol. The van der Waals surface area contributed by atoms with Gasteiger partial charge in [-0.05, 0) is 31.4 Å². The number of anilines is 3. The van der Waals surface area contributed by atoms with Crippen LogP contribution in [0.2, 0.25) is 0 Å². The molecule has 0 saturated heterocycles. The van der Waals surface area contributed by atoms with Crippen LogP contribution >= 0.6 is 0 Å². The highest BCUT2D eigenvalue weighted by Crippen LogP contribution is 2.39. The van der Waals surface area contributed by atoms with Gasteiger partial charge in [-0.25, -0.2) is 4.98 Å². The lowest BCUT2D eigenvalue weighted by Crippen LogP contribution is -2.21. The Morgan fingerprint density at radius 3 is 2.81 bits per heavy atom. The molecule has 0 aliphatic heterocycles. The quantitative estimate of drug-likeness (QED) is 0.536. The second kappa shape index (κ2) is 8.25. The minimum atomic E-state index is -2.67. The third-order valence-corrected chi connectivity index (χ3v) is 5.49. The molecular weight excluding hydrogens is 396 g/mol. The fraction of sp³-hybridized carbons (Fsp3) is 0.364. The molecule has 0 bridgehead atoms. The Hall–Kier alpha value is -3.62. The summed E-state index contributed by atoms with van der Waals surface area (Å²) in [6.45, 7) is 1.91. The van der Waals surface area contributed by atoms with Crippen LogP contribution in [0.4, 0.5) is 17.2 Å². The van der Waals surface area contributed by atoms with Gasteiger partial charge in [-0.1, -0.05) is 6.92 Å². The van der Waals surface area contributed by atoms with E-state index in [0.717, 1.165) is 17.3 Å². The number of hydrogen-bond acceptors (Lipinski definition) is 6. The summed E-state index contributed by atoms with van der Waals surface area (Å²) in [5, 5.41) is 13.1. The SMILES string of the molecule is [2H]C([2H])([2H])NC(=O)c1cnc(NC(=O)[C@@H]2C[C@@H]2C)cc1Nc1ccc2cnn(CC)c2c1OC. The summed E-state index contributed by atoms with van der Waals surface area (Å²) in [5.41, 5.74) is 1.57. The topological polar surface area (TPSA) is 110 Å². The zero-order chi connectivity index (χ0) is 24.6. The van der Waals surface area contributed by atoms with E-state index in [1.165, 1.54) is 19.4 Å². The van der Waals surface area contributed by atoms with Crippen molar-refractivity contribution in [3.8, 4) is 5.75 Å². The van der Waals surface area contributed by atoms with Crippen molar-refractivity contribution in [2.75, 3.05) is 24.7 Å². The molecule has 2 aromatic heterocycles. The number of nitrogens with zero attached hydrogens (tertiary/aromatic N) is 3. The largest absolute Gasteiger partial charge is 0.492 e. The van der Waals surface area contributed by atoms with Gasteiger partial charge in [-0.3, -0.25) is 14.3 Å². The van der Waals surface area contributed by atoms with Gasteiger partial charge in [0, 0.05) is 41.2 Å².